The highest BCUT2D eigenvalue weighted by molar-refractivity contribution is 7.17. The van der Waals surface area contributed by atoms with Crippen molar-refractivity contribution in [2.24, 2.45) is 0 Å². The zero-order chi connectivity index (χ0) is 47.6. The van der Waals surface area contributed by atoms with Crippen LogP contribution in [0.15, 0.2) is 33.0 Å². The van der Waals surface area contributed by atoms with Crippen LogP contribution in [0.2, 0.25) is 0 Å². The molecule has 66 heavy (non-hydrogen) atoms. The molecule has 3 aliphatic rings. The van der Waals surface area contributed by atoms with E-state index in [9.17, 15) is 39.0 Å². The highest BCUT2D eigenvalue weighted by Crippen LogP contribution is 2.35. The van der Waals surface area contributed by atoms with Crippen molar-refractivity contribution in [1.29, 1.82) is 0 Å². The molecule has 0 radical (unpaired) electrons. The lowest BCUT2D eigenvalue weighted by molar-refractivity contribution is -0.153. The highest BCUT2D eigenvalue weighted by Gasteiger charge is 2.42. The van der Waals surface area contributed by atoms with E-state index in [0.717, 1.165) is 34.0 Å². The Balaban J connectivity index is 0.000000149. The lowest BCUT2D eigenvalue weighted by Gasteiger charge is -2.19. The van der Waals surface area contributed by atoms with Gasteiger partial charge in [0.25, 0.3) is 0 Å². The first kappa shape index (κ1) is 47.8. The first-order valence-corrected chi connectivity index (χ1v) is 22.1. The predicted octanol–water partition coefficient (Wildman–Crippen LogP) is -1.06. The Labute approximate surface area is 381 Å². The predicted molar refractivity (Wildman–Crippen MR) is 232 cm³/mol. The number of esters is 3. The Morgan fingerprint density at radius 2 is 0.985 bits per heavy atom. The largest absolute Gasteiger partial charge is 0.463 e. The molecule has 0 saturated carbocycles. The fourth-order valence-electron chi connectivity index (χ4n) is 7.26. The van der Waals surface area contributed by atoms with E-state index in [1.165, 1.54) is 53.1 Å². The molecule has 27 nitrogen and oxygen atoms in total. The number of carbonyl (C=O) groups excluding carboxylic acids is 3. The number of carbonyl (C=O) groups is 3. The Bertz CT molecular complexity index is 2940. The van der Waals surface area contributed by atoms with Crippen molar-refractivity contribution in [3.05, 3.63) is 47.6 Å². The summed E-state index contributed by atoms with van der Waals surface area (Å²) in [7, 11) is 0. The van der Waals surface area contributed by atoms with Crippen LogP contribution in [0.1, 0.15) is 58.7 Å². The summed E-state index contributed by atoms with van der Waals surface area (Å²) in [5.74, 6) is -1.36. The van der Waals surface area contributed by atoms with Crippen LogP contribution in [0.4, 0.5) is 17.8 Å². The van der Waals surface area contributed by atoms with E-state index in [2.05, 4.69) is 29.9 Å². The molecule has 9 atom stereocenters. The smallest absolute Gasteiger partial charge is 0.311 e. The van der Waals surface area contributed by atoms with Gasteiger partial charge in [0.1, 0.15) is 24.9 Å². The number of aromatic nitrogens is 9. The van der Waals surface area contributed by atoms with E-state index in [1.54, 1.807) is 0 Å². The number of nitrogen functional groups attached to an aromatic ring is 3. The maximum absolute atomic E-state index is 12.4. The fraction of sp³-hybridized carbons (Fsp3) is 0.500. The van der Waals surface area contributed by atoms with E-state index in [-0.39, 0.29) is 65.1 Å². The summed E-state index contributed by atoms with van der Waals surface area (Å²) in [4.78, 5) is 93.0. The molecule has 6 aromatic heterocycles. The second kappa shape index (κ2) is 20.2. The standard InChI is InChI=1S/C14H16N4O6S.C12H14N4O5S.C10H12N4O4S/c1-6(19)22-5-8-3-9(23-7(2)20)12(24-8)18-11-10(25-14(18)21)4-16-13(15)17-11;1-5(18)20-7-2-6(4-17)21-10(7)16-9-8(22-12(16)19)3-14-11(13)15-9;11-9-12-2-6-7(13-9)14(10(17)19-6)8-5(16)1-4(3-15)18-8/h4,8-9,12H,3,5H2,1-2H3,(H2,15,16,17);3,6-7,10,17H,2,4H2,1H3,(H2,13,14,15);2,4-5,8,15-16H,1,3H2,(H2,11,12,13)/t8-,9+,12+;6-,7+,10+;4-,5+,8+/m000/s1. The number of aliphatic hydroxyl groups is 3. The summed E-state index contributed by atoms with van der Waals surface area (Å²) in [6.45, 7) is 3.39. The van der Waals surface area contributed by atoms with Crippen molar-refractivity contribution < 1.29 is 58.1 Å². The van der Waals surface area contributed by atoms with E-state index < -0.39 is 73.2 Å². The van der Waals surface area contributed by atoms with Crippen LogP contribution in [0.3, 0.4) is 0 Å². The maximum atomic E-state index is 12.4. The van der Waals surface area contributed by atoms with Crippen LogP contribution in [0.5, 0.6) is 0 Å². The number of nitrogens with two attached hydrogens (primary N) is 3. The second-order valence-electron chi connectivity index (χ2n) is 14.6. The molecule has 0 unspecified atom stereocenters. The minimum Gasteiger partial charge on any atom is -0.463 e. The molecule has 3 aliphatic heterocycles. The van der Waals surface area contributed by atoms with E-state index >= 15 is 0 Å². The van der Waals surface area contributed by atoms with Crippen LogP contribution in [-0.2, 0) is 42.8 Å². The van der Waals surface area contributed by atoms with Crippen molar-refractivity contribution in [3.8, 4) is 0 Å². The number of hydrogen-bond acceptors (Lipinski definition) is 27. The quantitative estimate of drug-likeness (QED) is 0.0743. The van der Waals surface area contributed by atoms with E-state index in [1.807, 2.05) is 0 Å². The maximum Gasteiger partial charge on any atom is 0.311 e. The first-order chi connectivity index (χ1) is 31.4. The van der Waals surface area contributed by atoms with Gasteiger partial charge in [0.15, 0.2) is 35.6 Å². The lowest BCUT2D eigenvalue weighted by atomic mass is 10.2. The molecule has 3 fully saturated rings. The Hall–Kier alpha value is -6.12. The van der Waals surface area contributed by atoms with Gasteiger partial charge in [-0.1, -0.05) is 34.0 Å². The first-order valence-electron chi connectivity index (χ1n) is 19.7. The van der Waals surface area contributed by atoms with Crippen LogP contribution >= 0.6 is 34.0 Å². The monoisotopic (exact) mass is 978 g/mol. The zero-order valence-electron chi connectivity index (χ0n) is 34.9. The van der Waals surface area contributed by atoms with Gasteiger partial charge >= 0.3 is 32.5 Å². The SMILES string of the molecule is CC(=O)OC[C@@H]1C[C@@H](OC(C)=O)[C@H](n2c(=O)sc3cnc(N)nc32)O1.CC(=O)O[C@@H]1C[C@@H](CO)O[C@H]1n1c(=O)sc2cnc(N)nc21.Nc1ncc2sc(=O)n([C@@H]3O[C@H](CO)C[C@H]3O)c2n1. The topological polar surface area (TPSA) is 389 Å². The van der Waals surface area contributed by atoms with Gasteiger partial charge in [-0.05, 0) is 0 Å². The van der Waals surface area contributed by atoms with Crippen molar-refractivity contribution >= 4 is 101 Å². The molecule has 0 aromatic carbocycles. The van der Waals surface area contributed by atoms with Gasteiger partial charge in [-0.2, -0.15) is 15.0 Å². The zero-order valence-corrected chi connectivity index (χ0v) is 37.3. The average Bonchev–Trinajstić information content (AvgIpc) is 4.10. The molecular formula is C36H42N12O15S3. The van der Waals surface area contributed by atoms with Gasteiger partial charge in [-0.15, -0.1) is 0 Å². The highest BCUT2D eigenvalue weighted by atomic mass is 32.1. The number of thiazole rings is 3. The molecule has 0 amide bonds. The summed E-state index contributed by atoms with van der Waals surface area (Å²) in [5.41, 5.74) is 17.7. The van der Waals surface area contributed by atoms with Crippen LogP contribution in [0, 0.1) is 0 Å². The number of fused-ring (bicyclic) bond motifs is 3. The summed E-state index contributed by atoms with van der Waals surface area (Å²) < 4.78 is 37.9. The van der Waals surface area contributed by atoms with Crippen molar-refractivity contribution in [2.75, 3.05) is 37.0 Å². The van der Waals surface area contributed by atoms with Crippen LogP contribution in [0.25, 0.3) is 31.0 Å². The van der Waals surface area contributed by atoms with E-state index in [0.29, 0.717) is 37.5 Å². The molecule has 354 valence electrons. The molecule has 9 rings (SSSR count). The molecule has 30 heteroatoms. The third-order valence-corrected chi connectivity index (χ3v) is 12.5. The molecule has 6 aromatic rings. The Morgan fingerprint density at radius 1 is 0.621 bits per heavy atom. The molecule has 0 aliphatic carbocycles. The number of aliphatic hydroxyl groups excluding tert-OH is 3. The molecule has 3 saturated heterocycles. The Kier molecular flexibility index (Phi) is 14.6. The van der Waals surface area contributed by atoms with Crippen molar-refractivity contribution in [3.63, 3.8) is 0 Å². The third kappa shape index (κ3) is 10.4. The van der Waals surface area contributed by atoms with Gasteiger partial charge in [-0.25, -0.2) is 15.0 Å². The molecule has 9 heterocycles. The fourth-order valence-corrected chi connectivity index (χ4v) is 9.71. The number of ether oxygens (including phenoxy) is 6. The Morgan fingerprint density at radius 3 is 1.36 bits per heavy atom. The van der Waals surface area contributed by atoms with Crippen molar-refractivity contribution in [2.45, 2.75) is 95.3 Å². The minimum atomic E-state index is -0.889. The second-order valence-corrected chi connectivity index (χ2v) is 17.6. The van der Waals surface area contributed by atoms with Gasteiger partial charge < -0.3 is 60.9 Å². The molecule has 0 spiro atoms. The average molecular weight is 979 g/mol. The third-order valence-electron chi connectivity index (χ3n) is 9.86. The van der Waals surface area contributed by atoms with E-state index in [4.69, 9.17) is 50.7 Å². The number of hydrogen-bond donors (Lipinski definition) is 6. The summed E-state index contributed by atoms with van der Waals surface area (Å²) in [5, 5.41) is 28.3. The number of rotatable bonds is 9. The summed E-state index contributed by atoms with van der Waals surface area (Å²) in [6.07, 6.45) is -1.16. The number of nitrogens with zero attached hydrogens (tertiary/aromatic N) is 9. The molecule has 0 bridgehead atoms. The van der Waals surface area contributed by atoms with Gasteiger partial charge in [0.05, 0.1) is 64.2 Å². The molecule has 9 N–H and O–H groups in total. The van der Waals surface area contributed by atoms with Crippen LogP contribution in [-0.4, -0.2) is 133 Å². The van der Waals surface area contributed by atoms with Gasteiger partial charge in [0.2, 0.25) is 17.8 Å². The molecular weight excluding hydrogens is 937 g/mol. The summed E-state index contributed by atoms with van der Waals surface area (Å²) >= 11 is 2.84. The van der Waals surface area contributed by atoms with Crippen LogP contribution < -0.4 is 31.8 Å². The summed E-state index contributed by atoms with van der Waals surface area (Å²) in [6, 6.07) is 0. The normalized spacial score (nSPS) is 24.7. The lowest BCUT2D eigenvalue weighted by Crippen LogP contribution is -2.30. The minimum absolute atomic E-state index is 0.00244. The van der Waals surface area contributed by atoms with Gasteiger partial charge in [-0.3, -0.25) is 42.5 Å². The van der Waals surface area contributed by atoms with Crippen molar-refractivity contribution in [1.82, 2.24) is 43.6 Å². The van der Waals surface area contributed by atoms with Gasteiger partial charge in [0, 0.05) is 40.0 Å². The number of anilines is 3.